The lowest BCUT2D eigenvalue weighted by molar-refractivity contribution is -0.128. The van der Waals surface area contributed by atoms with Gasteiger partial charge in [0.25, 0.3) is 5.91 Å². The summed E-state index contributed by atoms with van der Waals surface area (Å²) < 4.78 is 1.42. The molecule has 0 aliphatic carbocycles. The Labute approximate surface area is 106 Å². The molecule has 0 radical (unpaired) electrons. The molecule has 0 atom stereocenters. The number of aromatic nitrogens is 2. The van der Waals surface area contributed by atoms with Crippen molar-refractivity contribution in [3.8, 4) is 0 Å². The minimum atomic E-state index is -0.679. The van der Waals surface area contributed by atoms with E-state index in [4.69, 9.17) is 5.73 Å². The minimum Gasteiger partial charge on any atom is -0.383 e. The van der Waals surface area contributed by atoms with Crippen molar-refractivity contribution in [2.45, 2.75) is 13.8 Å². The Hall–Kier alpha value is -2.05. The number of carbonyl (C=O) groups is 2. The van der Waals surface area contributed by atoms with Crippen LogP contribution in [0.1, 0.15) is 24.2 Å². The number of anilines is 1. The monoisotopic (exact) mass is 253 g/mol. The first-order valence-corrected chi connectivity index (χ1v) is 5.57. The Morgan fingerprint density at radius 1 is 1.50 bits per heavy atom. The van der Waals surface area contributed by atoms with Gasteiger partial charge >= 0.3 is 0 Å². The van der Waals surface area contributed by atoms with E-state index in [2.05, 4.69) is 15.7 Å². The van der Waals surface area contributed by atoms with Crippen LogP contribution < -0.4 is 16.4 Å². The van der Waals surface area contributed by atoms with E-state index >= 15 is 0 Å². The number of carbonyl (C=O) groups excluding carboxylic acids is 2. The highest BCUT2D eigenvalue weighted by Gasteiger charge is 2.27. The van der Waals surface area contributed by atoms with Gasteiger partial charge in [-0.15, -0.1) is 0 Å². The molecule has 18 heavy (non-hydrogen) atoms. The van der Waals surface area contributed by atoms with Crippen molar-refractivity contribution in [2.24, 2.45) is 12.5 Å². The second-order valence-electron chi connectivity index (χ2n) is 4.71. The maximum atomic E-state index is 11.9. The number of hydrogen-bond acceptors (Lipinski definition) is 4. The van der Waals surface area contributed by atoms with Crippen molar-refractivity contribution in [3.05, 3.63) is 11.8 Å². The van der Waals surface area contributed by atoms with Crippen molar-refractivity contribution < 1.29 is 9.59 Å². The van der Waals surface area contributed by atoms with Crippen LogP contribution in [-0.2, 0) is 11.8 Å². The van der Waals surface area contributed by atoms with Gasteiger partial charge in [-0.25, -0.2) is 0 Å². The number of hydrogen-bond donors (Lipinski definition) is 3. The topological polar surface area (TPSA) is 102 Å². The highest BCUT2D eigenvalue weighted by Crippen LogP contribution is 2.14. The van der Waals surface area contributed by atoms with Gasteiger partial charge in [-0.1, -0.05) is 0 Å². The standard InChI is InChI=1S/C11H19N5O2/c1-11(2,10(18)13-3)6-14-9(17)7-5-15-16(4)8(7)12/h5H,6,12H2,1-4H3,(H,13,18)(H,14,17). The summed E-state index contributed by atoms with van der Waals surface area (Å²) in [5, 5.41) is 9.11. The fourth-order valence-corrected chi connectivity index (χ4v) is 1.44. The summed E-state index contributed by atoms with van der Waals surface area (Å²) in [7, 11) is 3.21. The lowest BCUT2D eigenvalue weighted by atomic mass is 9.92. The van der Waals surface area contributed by atoms with Crippen LogP contribution in [0.5, 0.6) is 0 Å². The highest BCUT2D eigenvalue weighted by molar-refractivity contribution is 5.98. The quantitative estimate of drug-likeness (QED) is 0.673. The molecule has 0 saturated heterocycles. The van der Waals surface area contributed by atoms with E-state index in [0.717, 1.165) is 0 Å². The molecule has 0 unspecified atom stereocenters. The maximum Gasteiger partial charge on any atom is 0.256 e. The molecule has 0 saturated carbocycles. The van der Waals surface area contributed by atoms with Gasteiger partial charge in [-0.3, -0.25) is 14.3 Å². The zero-order valence-corrected chi connectivity index (χ0v) is 11.1. The van der Waals surface area contributed by atoms with Crippen LogP contribution in [0.3, 0.4) is 0 Å². The smallest absolute Gasteiger partial charge is 0.256 e. The van der Waals surface area contributed by atoms with E-state index in [1.54, 1.807) is 27.9 Å². The van der Waals surface area contributed by atoms with Gasteiger partial charge in [0.1, 0.15) is 11.4 Å². The largest absolute Gasteiger partial charge is 0.383 e. The van der Waals surface area contributed by atoms with Gasteiger partial charge in [0, 0.05) is 20.6 Å². The van der Waals surface area contributed by atoms with Gasteiger partial charge in [0.15, 0.2) is 0 Å². The third kappa shape index (κ3) is 2.79. The molecule has 1 heterocycles. The molecule has 1 rings (SSSR count). The molecule has 1 aromatic heterocycles. The number of nitrogens with two attached hydrogens (primary N) is 1. The zero-order valence-electron chi connectivity index (χ0n) is 11.1. The van der Waals surface area contributed by atoms with E-state index in [0.29, 0.717) is 11.4 Å². The minimum absolute atomic E-state index is 0.137. The third-order valence-electron chi connectivity index (χ3n) is 2.76. The predicted molar refractivity (Wildman–Crippen MR) is 67.8 cm³/mol. The van der Waals surface area contributed by atoms with Crippen molar-refractivity contribution in [2.75, 3.05) is 19.3 Å². The van der Waals surface area contributed by atoms with Crippen LogP contribution in [0.15, 0.2) is 6.20 Å². The molecule has 0 aliphatic rings. The van der Waals surface area contributed by atoms with Crippen molar-refractivity contribution in [1.82, 2.24) is 20.4 Å². The van der Waals surface area contributed by atoms with Crippen LogP contribution in [-0.4, -0.2) is 35.2 Å². The van der Waals surface area contributed by atoms with Crippen LogP contribution in [0.4, 0.5) is 5.82 Å². The number of amides is 2. The molecule has 100 valence electrons. The summed E-state index contributed by atoms with van der Waals surface area (Å²) in [5.74, 6) is -0.176. The molecule has 0 aliphatic heterocycles. The van der Waals surface area contributed by atoms with Crippen LogP contribution >= 0.6 is 0 Å². The van der Waals surface area contributed by atoms with Gasteiger partial charge in [-0.2, -0.15) is 5.10 Å². The molecule has 7 nitrogen and oxygen atoms in total. The molecule has 0 fully saturated rings. The van der Waals surface area contributed by atoms with E-state index < -0.39 is 5.41 Å². The SMILES string of the molecule is CNC(=O)C(C)(C)CNC(=O)c1cnn(C)c1N. The van der Waals surface area contributed by atoms with E-state index in [-0.39, 0.29) is 18.4 Å². The molecule has 7 heteroatoms. The fourth-order valence-electron chi connectivity index (χ4n) is 1.44. The summed E-state index contributed by atoms with van der Waals surface area (Å²) >= 11 is 0. The fraction of sp³-hybridized carbons (Fsp3) is 0.545. The highest BCUT2D eigenvalue weighted by atomic mass is 16.2. The first kappa shape index (κ1) is 14.0. The maximum absolute atomic E-state index is 11.9. The number of rotatable bonds is 4. The number of aryl methyl sites for hydroxylation is 1. The number of nitrogen functional groups attached to an aromatic ring is 1. The lowest BCUT2D eigenvalue weighted by Crippen LogP contribution is -2.43. The predicted octanol–water partition coefficient (Wildman–Crippen LogP) is -0.496. The summed E-state index contributed by atoms with van der Waals surface area (Å²) in [6, 6.07) is 0. The number of nitrogens with one attached hydrogen (secondary N) is 2. The van der Waals surface area contributed by atoms with Crippen molar-refractivity contribution in [1.29, 1.82) is 0 Å². The Morgan fingerprint density at radius 3 is 2.56 bits per heavy atom. The molecular weight excluding hydrogens is 234 g/mol. The summed E-state index contributed by atoms with van der Waals surface area (Å²) in [6.45, 7) is 3.72. The lowest BCUT2D eigenvalue weighted by Gasteiger charge is -2.22. The summed E-state index contributed by atoms with van der Waals surface area (Å²) in [6.07, 6.45) is 1.40. The first-order chi connectivity index (χ1) is 8.29. The van der Waals surface area contributed by atoms with Gasteiger partial charge in [0.05, 0.1) is 11.6 Å². The first-order valence-electron chi connectivity index (χ1n) is 5.57. The Bertz CT molecular complexity index is 464. The van der Waals surface area contributed by atoms with Gasteiger partial charge < -0.3 is 16.4 Å². The third-order valence-corrected chi connectivity index (χ3v) is 2.76. The second kappa shape index (κ2) is 5.07. The van der Waals surface area contributed by atoms with Crippen LogP contribution in [0, 0.1) is 5.41 Å². The van der Waals surface area contributed by atoms with E-state index in [9.17, 15) is 9.59 Å². The molecule has 1 aromatic rings. The van der Waals surface area contributed by atoms with Crippen LogP contribution in [0.25, 0.3) is 0 Å². The number of nitrogens with zero attached hydrogens (tertiary/aromatic N) is 2. The summed E-state index contributed by atoms with van der Waals surface area (Å²) in [4.78, 5) is 23.4. The molecule has 0 spiro atoms. The van der Waals surface area contributed by atoms with E-state index in [1.807, 2.05) is 0 Å². The molecule has 2 amide bonds. The summed E-state index contributed by atoms with van der Waals surface area (Å²) in [5.41, 5.74) is 5.32. The van der Waals surface area contributed by atoms with Gasteiger partial charge in [0.2, 0.25) is 5.91 Å². The zero-order chi connectivity index (χ0) is 13.9. The molecular formula is C11H19N5O2. The second-order valence-corrected chi connectivity index (χ2v) is 4.71. The Kier molecular flexibility index (Phi) is 3.95. The van der Waals surface area contributed by atoms with E-state index in [1.165, 1.54) is 10.9 Å². The molecule has 4 N–H and O–H groups in total. The Balaban J connectivity index is 2.67. The average molecular weight is 253 g/mol. The van der Waals surface area contributed by atoms with Crippen molar-refractivity contribution in [3.63, 3.8) is 0 Å². The normalized spacial score (nSPS) is 11.1. The van der Waals surface area contributed by atoms with Crippen LogP contribution in [0.2, 0.25) is 0 Å². The molecule has 0 bridgehead atoms. The Morgan fingerprint density at radius 2 is 2.11 bits per heavy atom. The van der Waals surface area contributed by atoms with Crippen molar-refractivity contribution >= 4 is 17.6 Å². The molecule has 0 aromatic carbocycles. The average Bonchev–Trinajstić information content (AvgIpc) is 2.66. The van der Waals surface area contributed by atoms with Gasteiger partial charge in [-0.05, 0) is 13.8 Å².